The van der Waals surface area contributed by atoms with Crippen molar-refractivity contribution in [3.8, 4) is 0 Å². The van der Waals surface area contributed by atoms with Crippen LogP contribution in [0.15, 0.2) is 0 Å². The highest BCUT2D eigenvalue weighted by Crippen LogP contribution is 2.10. The van der Waals surface area contributed by atoms with Gasteiger partial charge in [-0.15, -0.1) is 0 Å². The molecule has 0 atom stereocenters. The lowest BCUT2D eigenvalue weighted by Crippen LogP contribution is -2.05. The first-order chi connectivity index (χ1) is 4.12. The Morgan fingerprint density at radius 3 is 2.44 bits per heavy atom. The van der Waals surface area contributed by atoms with E-state index in [4.69, 9.17) is 5.73 Å². The van der Waals surface area contributed by atoms with E-state index < -0.39 is 8.87 Å². The summed E-state index contributed by atoms with van der Waals surface area (Å²) in [5.41, 5.74) is 5.11. The van der Waals surface area contributed by atoms with Crippen LogP contribution in [0.4, 0.5) is 0 Å². The molecule has 0 aromatic rings. The van der Waals surface area contributed by atoms with Gasteiger partial charge in [0, 0.05) is 12.3 Å². The summed E-state index contributed by atoms with van der Waals surface area (Å²) in [6.07, 6.45) is 0. The largest absolute Gasteiger partial charge is 0.330 e. The lowest BCUT2D eigenvalue weighted by atomic mass is 10.8. The zero-order valence-corrected chi connectivity index (χ0v) is 6.96. The van der Waals surface area contributed by atoms with Gasteiger partial charge in [0.15, 0.2) is 0 Å². The van der Waals surface area contributed by atoms with Gasteiger partial charge < -0.3 is 5.73 Å². The van der Waals surface area contributed by atoms with Crippen molar-refractivity contribution in [1.29, 1.82) is 0 Å². The topological polar surface area (TPSA) is 60.2 Å². The fraction of sp³-hybridized carbons (Fsp3) is 1.00. The Hall–Kier alpha value is 0.260. The van der Waals surface area contributed by atoms with Gasteiger partial charge in [-0.05, 0) is 10.8 Å². The fourth-order valence-corrected chi connectivity index (χ4v) is 2.33. The maximum atomic E-state index is 10.7. The molecule has 0 saturated carbocycles. The summed E-state index contributed by atoms with van der Waals surface area (Å²) in [5.74, 6) is 0.688. The van der Waals surface area contributed by atoms with Crippen LogP contribution in [0.2, 0.25) is 0 Å². The number of nitrogens with two attached hydrogens (primary N) is 1. The molecule has 0 radical (unpaired) electrons. The van der Waals surface area contributed by atoms with E-state index in [2.05, 4.69) is 0 Å². The minimum Gasteiger partial charge on any atom is -0.330 e. The van der Waals surface area contributed by atoms with Gasteiger partial charge in [0.05, 0.1) is 5.75 Å². The summed E-state index contributed by atoms with van der Waals surface area (Å²) >= 11 is 0. The van der Waals surface area contributed by atoms with E-state index in [1.165, 1.54) is 0 Å². The first kappa shape index (κ1) is 9.26. The van der Waals surface area contributed by atoms with Crippen molar-refractivity contribution < 1.29 is 8.42 Å². The lowest BCUT2D eigenvalue weighted by Gasteiger charge is -1.95. The Balaban J connectivity index is 3.61. The second-order valence-corrected chi connectivity index (χ2v) is 6.02. The third-order valence-corrected chi connectivity index (χ3v) is 4.49. The monoisotopic (exact) mass is 169 g/mol. The van der Waals surface area contributed by atoms with Crippen molar-refractivity contribution in [2.45, 2.75) is 6.92 Å². The zero-order valence-electron chi connectivity index (χ0n) is 5.33. The van der Waals surface area contributed by atoms with Crippen LogP contribution >= 0.6 is 10.8 Å². The molecule has 0 aliphatic carbocycles. The van der Waals surface area contributed by atoms with Gasteiger partial charge in [0.25, 0.3) is 0 Å². The average Bonchev–Trinajstić information content (AvgIpc) is 1.84. The molecular weight excluding hydrogens is 158 g/mol. The summed E-state index contributed by atoms with van der Waals surface area (Å²) in [7, 11) is -1.92. The van der Waals surface area contributed by atoms with Gasteiger partial charge >= 0.3 is 0 Å². The van der Waals surface area contributed by atoms with Crippen molar-refractivity contribution in [3.63, 3.8) is 0 Å². The average molecular weight is 169 g/mol. The molecule has 0 aliphatic rings. The number of hydrogen-bond donors (Lipinski definition) is 1. The standard InChI is InChI=1S/C4H11NO2S2/c1-2-9(6,7)8-4-3-5/h2-5H2,1H3. The molecule has 5 heteroatoms. The van der Waals surface area contributed by atoms with Gasteiger partial charge in [0.1, 0.15) is 0 Å². The molecule has 56 valence electrons. The highest BCUT2D eigenvalue weighted by atomic mass is 33.1. The minimum absolute atomic E-state index is 0.192. The third-order valence-electron chi connectivity index (χ3n) is 0.734. The Kier molecular flexibility index (Phi) is 4.26. The molecule has 0 rings (SSSR count). The quantitative estimate of drug-likeness (QED) is 0.603. The lowest BCUT2D eigenvalue weighted by molar-refractivity contribution is 0.611. The first-order valence-electron chi connectivity index (χ1n) is 2.69. The van der Waals surface area contributed by atoms with Gasteiger partial charge in [-0.25, -0.2) is 8.42 Å². The smallest absolute Gasteiger partial charge is 0.201 e. The molecule has 0 saturated heterocycles. The molecule has 0 heterocycles. The molecule has 2 N–H and O–H groups in total. The first-order valence-corrected chi connectivity index (χ1v) is 5.85. The van der Waals surface area contributed by atoms with Gasteiger partial charge in [-0.1, -0.05) is 6.92 Å². The van der Waals surface area contributed by atoms with Crippen LogP contribution in [0.5, 0.6) is 0 Å². The normalized spacial score (nSPS) is 11.8. The highest BCUT2D eigenvalue weighted by Gasteiger charge is 2.05. The maximum absolute atomic E-state index is 10.7. The van der Waals surface area contributed by atoms with E-state index >= 15 is 0 Å². The SMILES string of the molecule is CCS(=O)(=O)SCCN. The molecule has 0 aliphatic heterocycles. The van der Waals surface area contributed by atoms with Crippen molar-refractivity contribution in [3.05, 3.63) is 0 Å². The van der Waals surface area contributed by atoms with E-state index in [9.17, 15) is 8.42 Å². The van der Waals surface area contributed by atoms with Gasteiger partial charge in [-0.3, -0.25) is 0 Å². The summed E-state index contributed by atoms with van der Waals surface area (Å²) in [4.78, 5) is 0. The molecule has 0 amide bonds. The second-order valence-electron chi connectivity index (χ2n) is 1.46. The van der Waals surface area contributed by atoms with E-state index in [1.54, 1.807) is 6.92 Å². The summed E-state index contributed by atoms with van der Waals surface area (Å²) in [6.45, 7) is 2.04. The molecule has 0 aromatic heterocycles. The van der Waals surface area contributed by atoms with Gasteiger partial charge in [-0.2, -0.15) is 0 Å². The number of rotatable bonds is 4. The van der Waals surface area contributed by atoms with Crippen LogP contribution in [-0.2, 0) is 8.87 Å². The van der Waals surface area contributed by atoms with Crippen LogP contribution in [0, 0.1) is 0 Å². The molecule has 0 unspecified atom stereocenters. The van der Waals surface area contributed by atoms with Crippen LogP contribution in [-0.4, -0.2) is 26.5 Å². The van der Waals surface area contributed by atoms with Crippen LogP contribution in [0.1, 0.15) is 6.92 Å². The van der Waals surface area contributed by atoms with Crippen molar-refractivity contribution in [1.82, 2.24) is 0 Å². The van der Waals surface area contributed by atoms with E-state index in [1.807, 2.05) is 0 Å². The summed E-state index contributed by atoms with van der Waals surface area (Å²) < 4.78 is 21.3. The summed E-state index contributed by atoms with van der Waals surface area (Å²) in [5, 5.41) is 0. The summed E-state index contributed by atoms with van der Waals surface area (Å²) in [6, 6.07) is 0. The predicted molar refractivity (Wildman–Crippen MR) is 41.0 cm³/mol. The molecule has 0 aromatic carbocycles. The van der Waals surface area contributed by atoms with Crippen molar-refractivity contribution >= 4 is 19.7 Å². The third kappa shape index (κ3) is 4.74. The van der Waals surface area contributed by atoms with Crippen LogP contribution in [0.25, 0.3) is 0 Å². The molecular formula is C4H11NO2S2. The zero-order chi connectivity index (χ0) is 7.33. The Labute approximate surface area is 59.3 Å². The number of hydrogen-bond acceptors (Lipinski definition) is 4. The molecule has 0 bridgehead atoms. The van der Waals surface area contributed by atoms with Crippen LogP contribution < -0.4 is 5.73 Å². The van der Waals surface area contributed by atoms with E-state index in [-0.39, 0.29) is 5.75 Å². The molecule has 0 fully saturated rings. The van der Waals surface area contributed by atoms with E-state index in [0.29, 0.717) is 12.3 Å². The molecule has 0 spiro atoms. The van der Waals surface area contributed by atoms with E-state index in [0.717, 1.165) is 10.8 Å². The second kappa shape index (κ2) is 4.14. The minimum atomic E-state index is -2.84. The molecule has 9 heavy (non-hydrogen) atoms. The maximum Gasteiger partial charge on any atom is 0.201 e. The van der Waals surface area contributed by atoms with Crippen molar-refractivity contribution in [2.24, 2.45) is 5.73 Å². The van der Waals surface area contributed by atoms with Crippen molar-refractivity contribution in [2.75, 3.05) is 18.1 Å². The van der Waals surface area contributed by atoms with Crippen LogP contribution in [0.3, 0.4) is 0 Å². The highest BCUT2D eigenvalue weighted by molar-refractivity contribution is 8.72. The molecule has 3 nitrogen and oxygen atoms in total. The Morgan fingerprint density at radius 2 is 2.11 bits per heavy atom. The van der Waals surface area contributed by atoms with Gasteiger partial charge in [0.2, 0.25) is 8.87 Å². The fourth-order valence-electron chi connectivity index (χ4n) is 0.258. The predicted octanol–water partition coefficient (Wildman–Crippen LogP) is 0.0280. The Morgan fingerprint density at radius 1 is 1.56 bits per heavy atom. The Bertz CT molecular complexity index is 152.